The van der Waals surface area contributed by atoms with E-state index in [-0.39, 0.29) is 5.91 Å². The van der Waals surface area contributed by atoms with Crippen molar-refractivity contribution in [3.05, 3.63) is 74.7 Å². The number of ether oxygens (including phenoxy) is 2. The Morgan fingerprint density at radius 2 is 1.79 bits per heavy atom. The molecule has 0 saturated carbocycles. The average molecular weight is 417 g/mol. The number of methoxy groups -OCH3 is 2. The lowest BCUT2D eigenvalue weighted by atomic mass is 10.1. The Kier molecular flexibility index (Phi) is 6.90. The predicted molar refractivity (Wildman–Crippen MR) is 112 cm³/mol. The summed E-state index contributed by atoms with van der Waals surface area (Å²) in [6, 6.07) is 13.4. The molecule has 7 heteroatoms. The third-order valence-electron chi connectivity index (χ3n) is 4.20. The van der Waals surface area contributed by atoms with Crippen molar-refractivity contribution >= 4 is 28.8 Å². The van der Waals surface area contributed by atoms with E-state index >= 15 is 0 Å². The number of benzene rings is 2. The summed E-state index contributed by atoms with van der Waals surface area (Å²) in [6.07, 6.45) is 1.37. The molecule has 1 aromatic heterocycles. The van der Waals surface area contributed by atoms with Gasteiger partial charge in [0.05, 0.1) is 19.2 Å². The molecule has 5 nitrogen and oxygen atoms in total. The summed E-state index contributed by atoms with van der Waals surface area (Å²) in [6.45, 7) is 0.512. The van der Waals surface area contributed by atoms with Crippen LogP contribution in [0.2, 0.25) is 5.02 Å². The van der Waals surface area contributed by atoms with Gasteiger partial charge >= 0.3 is 0 Å². The van der Waals surface area contributed by atoms with Crippen LogP contribution >= 0.6 is 22.9 Å². The van der Waals surface area contributed by atoms with Gasteiger partial charge in [0.1, 0.15) is 5.69 Å². The Labute approximate surface area is 173 Å². The van der Waals surface area contributed by atoms with E-state index < -0.39 is 0 Å². The van der Waals surface area contributed by atoms with E-state index in [1.807, 2.05) is 42.5 Å². The summed E-state index contributed by atoms with van der Waals surface area (Å²) in [4.78, 5) is 16.8. The first-order chi connectivity index (χ1) is 13.6. The second-order valence-electron chi connectivity index (χ2n) is 6.12. The van der Waals surface area contributed by atoms with E-state index in [9.17, 15) is 4.79 Å². The second kappa shape index (κ2) is 9.57. The fraction of sp³-hybridized carbons (Fsp3) is 0.238. The van der Waals surface area contributed by atoms with Gasteiger partial charge in [0.2, 0.25) is 0 Å². The third-order valence-corrected chi connectivity index (χ3v) is 5.30. The van der Waals surface area contributed by atoms with Gasteiger partial charge in [0.15, 0.2) is 11.5 Å². The topological polar surface area (TPSA) is 60.5 Å². The van der Waals surface area contributed by atoms with Crippen molar-refractivity contribution in [2.75, 3.05) is 20.8 Å². The van der Waals surface area contributed by atoms with Crippen LogP contribution in [0.1, 0.15) is 26.6 Å². The summed E-state index contributed by atoms with van der Waals surface area (Å²) in [5.74, 6) is 1.20. The molecule has 0 fully saturated rings. The van der Waals surface area contributed by atoms with Crippen molar-refractivity contribution in [1.29, 1.82) is 0 Å². The van der Waals surface area contributed by atoms with Gasteiger partial charge in [-0.15, -0.1) is 11.3 Å². The minimum absolute atomic E-state index is 0.168. The quantitative estimate of drug-likeness (QED) is 0.592. The molecule has 0 bridgehead atoms. The molecular weight excluding hydrogens is 396 g/mol. The fourth-order valence-electron chi connectivity index (χ4n) is 2.72. The first kappa shape index (κ1) is 20.2. The van der Waals surface area contributed by atoms with Crippen LogP contribution in [0.3, 0.4) is 0 Å². The Morgan fingerprint density at radius 3 is 2.50 bits per heavy atom. The number of hydrogen-bond donors (Lipinski definition) is 1. The van der Waals surface area contributed by atoms with Crippen LogP contribution in [0.5, 0.6) is 11.5 Å². The van der Waals surface area contributed by atoms with E-state index in [1.165, 1.54) is 11.3 Å². The highest BCUT2D eigenvalue weighted by atomic mass is 35.5. The zero-order chi connectivity index (χ0) is 19.9. The van der Waals surface area contributed by atoms with Gasteiger partial charge < -0.3 is 14.8 Å². The van der Waals surface area contributed by atoms with Crippen molar-refractivity contribution < 1.29 is 14.3 Å². The molecule has 2 aromatic carbocycles. The summed E-state index contributed by atoms with van der Waals surface area (Å²) >= 11 is 7.39. The lowest BCUT2D eigenvalue weighted by Gasteiger charge is -2.09. The highest BCUT2D eigenvalue weighted by molar-refractivity contribution is 7.09. The van der Waals surface area contributed by atoms with Gasteiger partial charge in [-0.1, -0.05) is 29.8 Å². The molecule has 0 saturated heterocycles. The van der Waals surface area contributed by atoms with Crippen LogP contribution in [-0.2, 0) is 12.8 Å². The number of amides is 1. The third kappa shape index (κ3) is 5.24. The molecular formula is C21H21ClN2O3S. The maximum Gasteiger partial charge on any atom is 0.270 e. The fourth-order valence-corrected chi connectivity index (χ4v) is 3.65. The zero-order valence-corrected chi connectivity index (χ0v) is 17.3. The molecule has 0 spiro atoms. The molecule has 1 N–H and O–H groups in total. The number of aromatic nitrogens is 1. The molecule has 3 rings (SSSR count). The van der Waals surface area contributed by atoms with E-state index in [2.05, 4.69) is 10.3 Å². The number of hydrogen-bond acceptors (Lipinski definition) is 5. The standard InChI is InChI=1S/C21H21ClN2O3S/c1-26-18-8-5-15(11-19(18)27-2)9-10-23-21(25)17-13-28-20(24-17)12-14-3-6-16(22)7-4-14/h3-8,11,13H,9-10,12H2,1-2H3,(H,23,25). The Morgan fingerprint density at radius 1 is 1.07 bits per heavy atom. The SMILES string of the molecule is COc1ccc(CCNC(=O)c2csc(Cc3ccc(Cl)cc3)n2)cc1OC. The van der Waals surface area contributed by atoms with Crippen molar-refractivity contribution in [3.8, 4) is 11.5 Å². The number of thiazole rings is 1. The molecule has 0 aliphatic rings. The number of nitrogens with one attached hydrogen (secondary N) is 1. The van der Waals surface area contributed by atoms with Gasteiger partial charge in [-0.25, -0.2) is 4.98 Å². The Bertz CT molecular complexity index is 941. The summed E-state index contributed by atoms with van der Waals surface area (Å²) < 4.78 is 10.5. The van der Waals surface area contributed by atoms with Crippen molar-refractivity contribution in [3.63, 3.8) is 0 Å². The van der Waals surface area contributed by atoms with Gasteiger partial charge in [-0.2, -0.15) is 0 Å². The molecule has 0 atom stereocenters. The van der Waals surface area contributed by atoms with E-state index in [4.69, 9.17) is 21.1 Å². The number of carbonyl (C=O) groups excluding carboxylic acids is 1. The predicted octanol–water partition coefficient (Wildman–Crippen LogP) is 4.38. The summed E-state index contributed by atoms with van der Waals surface area (Å²) in [5.41, 5.74) is 2.61. The van der Waals surface area contributed by atoms with E-state index in [0.717, 1.165) is 16.1 Å². The summed E-state index contributed by atoms with van der Waals surface area (Å²) in [7, 11) is 3.21. The number of rotatable bonds is 8. The number of nitrogens with zero attached hydrogens (tertiary/aromatic N) is 1. The largest absolute Gasteiger partial charge is 0.493 e. The van der Waals surface area contributed by atoms with Crippen LogP contribution < -0.4 is 14.8 Å². The van der Waals surface area contributed by atoms with E-state index in [0.29, 0.717) is 41.6 Å². The second-order valence-corrected chi connectivity index (χ2v) is 7.50. The Balaban J connectivity index is 1.53. The minimum Gasteiger partial charge on any atom is -0.493 e. The lowest BCUT2D eigenvalue weighted by Crippen LogP contribution is -2.26. The highest BCUT2D eigenvalue weighted by Gasteiger charge is 2.11. The monoisotopic (exact) mass is 416 g/mol. The van der Waals surface area contributed by atoms with Crippen molar-refractivity contribution in [2.45, 2.75) is 12.8 Å². The maximum absolute atomic E-state index is 12.3. The molecule has 3 aromatic rings. The molecule has 28 heavy (non-hydrogen) atoms. The lowest BCUT2D eigenvalue weighted by molar-refractivity contribution is 0.0949. The normalized spacial score (nSPS) is 10.5. The van der Waals surface area contributed by atoms with Gasteiger partial charge in [0, 0.05) is 23.4 Å². The molecule has 0 aliphatic heterocycles. The van der Waals surface area contributed by atoms with Crippen molar-refractivity contribution in [2.24, 2.45) is 0 Å². The Hall–Kier alpha value is -2.57. The van der Waals surface area contributed by atoms with Crippen LogP contribution in [0.25, 0.3) is 0 Å². The number of carbonyl (C=O) groups is 1. The van der Waals surface area contributed by atoms with Gasteiger partial charge in [-0.3, -0.25) is 4.79 Å². The minimum atomic E-state index is -0.168. The molecule has 0 aliphatic carbocycles. The van der Waals surface area contributed by atoms with Gasteiger partial charge in [0.25, 0.3) is 5.91 Å². The maximum atomic E-state index is 12.3. The average Bonchev–Trinajstić information content (AvgIpc) is 3.18. The highest BCUT2D eigenvalue weighted by Crippen LogP contribution is 2.27. The smallest absolute Gasteiger partial charge is 0.270 e. The molecule has 1 heterocycles. The zero-order valence-electron chi connectivity index (χ0n) is 15.7. The van der Waals surface area contributed by atoms with Crippen LogP contribution in [0.4, 0.5) is 0 Å². The van der Waals surface area contributed by atoms with Crippen LogP contribution in [-0.4, -0.2) is 31.7 Å². The number of halogens is 1. The van der Waals surface area contributed by atoms with Crippen molar-refractivity contribution in [1.82, 2.24) is 10.3 Å². The first-order valence-electron chi connectivity index (χ1n) is 8.77. The molecule has 1 amide bonds. The molecule has 0 unspecified atom stereocenters. The molecule has 0 radical (unpaired) electrons. The van der Waals surface area contributed by atoms with Crippen LogP contribution in [0, 0.1) is 0 Å². The molecule has 146 valence electrons. The van der Waals surface area contributed by atoms with Crippen LogP contribution in [0.15, 0.2) is 47.8 Å². The van der Waals surface area contributed by atoms with Gasteiger partial charge in [-0.05, 0) is 41.8 Å². The first-order valence-corrected chi connectivity index (χ1v) is 10.0. The summed E-state index contributed by atoms with van der Waals surface area (Å²) in [5, 5.41) is 6.30. The van der Waals surface area contributed by atoms with E-state index in [1.54, 1.807) is 19.6 Å².